The van der Waals surface area contributed by atoms with Crippen molar-refractivity contribution in [3.8, 4) is 5.75 Å². The Bertz CT molecular complexity index is 312. The molecule has 0 saturated heterocycles. The molecule has 1 aromatic rings. The second kappa shape index (κ2) is 5.35. The summed E-state index contributed by atoms with van der Waals surface area (Å²) in [5, 5.41) is 18.8. The SMILES string of the molecule is OCC(c1ccc(O)cc1)C1CCCCC1. The molecule has 1 aliphatic rings. The summed E-state index contributed by atoms with van der Waals surface area (Å²) in [6.07, 6.45) is 6.38. The van der Waals surface area contributed by atoms with Crippen LogP contribution in [0.1, 0.15) is 43.6 Å². The fraction of sp³-hybridized carbons (Fsp3) is 0.571. The van der Waals surface area contributed by atoms with Crippen LogP contribution in [0.4, 0.5) is 0 Å². The van der Waals surface area contributed by atoms with Crippen molar-refractivity contribution in [1.82, 2.24) is 0 Å². The van der Waals surface area contributed by atoms with Crippen LogP contribution < -0.4 is 0 Å². The van der Waals surface area contributed by atoms with E-state index in [1.165, 1.54) is 32.1 Å². The quantitative estimate of drug-likeness (QED) is 0.822. The van der Waals surface area contributed by atoms with Gasteiger partial charge in [-0.15, -0.1) is 0 Å². The lowest BCUT2D eigenvalue weighted by atomic mass is 9.77. The maximum absolute atomic E-state index is 9.54. The van der Waals surface area contributed by atoms with Gasteiger partial charge in [-0.25, -0.2) is 0 Å². The molecule has 1 aromatic carbocycles. The molecule has 0 spiro atoms. The molecule has 1 unspecified atom stereocenters. The van der Waals surface area contributed by atoms with Crippen molar-refractivity contribution in [3.05, 3.63) is 29.8 Å². The van der Waals surface area contributed by atoms with E-state index in [2.05, 4.69) is 0 Å². The number of aromatic hydroxyl groups is 1. The van der Waals surface area contributed by atoms with Gasteiger partial charge in [-0.2, -0.15) is 0 Å². The summed E-state index contributed by atoms with van der Waals surface area (Å²) in [7, 11) is 0. The van der Waals surface area contributed by atoms with Crippen molar-refractivity contribution < 1.29 is 10.2 Å². The van der Waals surface area contributed by atoms with E-state index in [1.54, 1.807) is 12.1 Å². The smallest absolute Gasteiger partial charge is 0.115 e. The molecule has 0 aliphatic heterocycles. The van der Waals surface area contributed by atoms with Gasteiger partial charge in [-0.3, -0.25) is 0 Å². The summed E-state index contributed by atoms with van der Waals surface area (Å²) >= 11 is 0. The van der Waals surface area contributed by atoms with Gasteiger partial charge in [0.2, 0.25) is 0 Å². The standard InChI is InChI=1S/C14H20O2/c15-10-14(11-4-2-1-3-5-11)12-6-8-13(16)9-7-12/h6-9,11,14-16H,1-5,10H2. The molecular formula is C14H20O2. The third-order valence-corrected chi connectivity index (χ3v) is 3.74. The van der Waals surface area contributed by atoms with E-state index in [9.17, 15) is 10.2 Å². The Labute approximate surface area is 96.9 Å². The summed E-state index contributed by atoms with van der Waals surface area (Å²) in [6.45, 7) is 0.218. The predicted molar refractivity (Wildman–Crippen MR) is 64.5 cm³/mol. The molecule has 1 atom stereocenters. The number of hydrogen-bond donors (Lipinski definition) is 2. The molecule has 1 saturated carbocycles. The number of aliphatic hydroxyl groups excluding tert-OH is 1. The van der Waals surface area contributed by atoms with E-state index >= 15 is 0 Å². The van der Waals surface area contributed by atoms with Crippen LogP contribution in [-0.2, 0) is 0 Å². The number of aliphatic hydroxyl groups is 1. The van der Waals surface area contributed by atoms with Crippen LogP contribution in [0.25, 0.3) is 0 Å². The van der Waals surface area contributed by atoms with Gasteiger partial charge >= 0.3 is 0 Å². The van der Waals surface area contributed by atoms with Crippen molar-refractivity contribution in [2.45, 2.75) is 38.0 Å². The van der Waals surface area contributed by atoms with Gasteiger partial charge < -0.3 is 10.2 Å². The van der Waals surface area contributed by atoms with Crippen LogP contribution in [0, 0.1) is 5.92 Å². The summed E-state index contributed by atoms with van der Waals surface area (Å²) in [5.41, 5.74) is 1.16. The lowest BCUT2D eigenvalue weighted by Gasteiger charge is -2.29. The van der Waals surface area contributed by atoms with Crippen molar-refractivity contribution in [2.75, 3.05) is 6.61 Å². The van der Waals surface area contributed by atoms with Gasteiger partial charge in [-0.1, -0.05) is 31.4 Å². The van der Waals surface area contributed by atoms with E-state index in [4.69, 9.17) is 0 Å². The first-order valence-electron chi connectivity index (χ1n) is 6.21. The van der Waals surface area contributed by atoms with E-state index < -0.39 is 0 Å². The van der Waals surface area contributed by atoms with Gasteiger partial charge in [0.15, 0.2) is 0 Å². The fourth-order valence-corrected chi connectivity index (χ4v) is 2.78. The number of hydrogen-bond acceptors (Lipinski definition) is 2. The van der Waals surface area contributed by atoms with Crippen LogP contribution >= 0.6 is 0 Å². The maximum Gasteiger partial charge on any atom is 0.115 e. The van der Waals surface area contributed by atoms with Crippen molar-refractivity contribution in [1.29, 1.82) is 0 Å². The molecule has 2 rings (SSSR count). The van der Waals surface area contributed by atoms with Crippen LogP contribution in [0.5, 0.6) is 5.75 Å². The largest absolute Gasteiger partial charge is 0.508 e. The van der Waals surface area contributed by atoms with Crippen molar-refractivity contribution in [3.63, 3.8) is 0 Å². The Morgan fingerprint density at radius 1 is 1.06 bits per heavy atom. The monoisotopic (exact) mass is 220 g/mol. The lowest BCUT2D eigenvalue weighted by molar-refractivity contribution is 0.196. The third-order valence-electron chi connectivity index (χ3n) is 3.74. The minimum absolute atomic E-state index is 0.218. The van der Waals surface area contributed by atoms with Crippen LogP contribution in [0.15, 0.2) is 24.3 Å². The Hall–Kier alpha value is -1.02. The first kappa shape index (κ1) is 11.5. The maximum atomic E-state index is 9.54. The lowest BCUT2D eigenvalue weighted by Crippen LogP contribution is -2.19. The highest BCUT2D eigenvalue weighted by atomic mass is 16.3. The van der Waals surface area contributed by atoms with Gasteiger partial charge in [-0.05, 0) is 36.5 Å². The molecule has 1 aliphatic carbocycles. The highest BCUT2D eigenvalue weighted by Crippen LogP contribution is 2.36. The second-order valence-electron chi connectivity index (χ2n) is 4.78. The highest BCUT2D eigenvalue weighted by Gasteiger charge is 2.24. The summed E-state index contributed by atoms with van der Waals surface area (Å²) in [5.74, 6) is 1.16. The molecule has 0 bridgehead atoms. The molecule has 16 heavy (non-hydrogen) atoms. The first-order chi connectivity index (χ1) is 7.81. The number of benzene rings is 1. The molecule has 0 aromatic heterocycles. The Kier molecular flexibility index (Phi) is 3.83. The van der Waals surface area contributed by atoms with Crippen LogP contribution in [0.2, 0.25) is 0 Å². The van der Waals surface area contributed by atoms with E-state index in [0.29, 0.717) is 11.7 Å². The number of phenols is 1. The molecule has 2 N–H and O–H groups in total. The molecule has 1 fully saturated rings. The van der Waals surface area contributed by atoms with Crippen molar-refractivity contribution >= 4 is 0 Å². The van der Waals surface area contributed by atoms with E-state index in [-0.39, 0.29) is 12.5 Å². The minimum Gasteiger partial charge on any atom is -0.508 e. The molecule has 88 valence electrons. The molecule has 0 radical (unpaired) electrons. The average Bonchev–Trinajstić information content (AvgIpc) is 2.34. The summed E-state index contributed by atoms with van der Waals surface area (Å²) in [4.78, 5) is 0. The molecular weight excluding hydrogens is 200 g/mol. The van der Waals surface area contributed by atoms with Crippen molar-refractivity contribution in [2.24, 2.45) is 5.92 Å². The van der Waals surface area contributed by atoms with Crippen LogP contribution in [0.3, 0.4) is 0 Å². The number of rotatable bonds is 3. The topological polar surface area (TPSA) is 40.5 Å². The zero-order valence-electron chi connectivity index (χ0n) is 9.60. The molecule has 2 heteroatoms. The van der Waals surface area contributed by atoms with Gasteiger partial charge in [0, 0.05) is 5.92 Å². The van der Waals surface area contributed by atoms with E-state index in [0.717, 1.165) is 5.56 Å². The average molecular weight is 220 g/mol. The predicted octanol–water partition coefficient (Wildman–Crippen LogP) is 3.05. The first-order valence-corrected chi connectivity index (χ1v) is 6.21. The summed E-state index contributed by atoms with van der Waals surface area (Å²) in [6, 6.07) is 7.29. The molecule has 0 amide bonds. The normalized spacial score (nSPS) is 19.6. The third kappa shape index (κ3) is 2.56. The van der Waals surface area contributed by atoms with Gasteiger partial charge in [0.05, 0.1) is 6.61 Å². The zero-order chi connectivity index (χ0) is 11.4. The van der Waals surface area contributed by atoms with Gasteiger partial charge in [0.25, 0.3) is 0 Å². The Morgan fingerprint density at radius 3 is 2.25 bits per heavy atom. The number of phenolic OH excluding ortho intramolecular Hbond substituents is 1. The minimum atomic E-state index is 0.218. The van der Waals surface area contributed by atoms with Crippen LogP contribution in [-0.4, -0.2) is 16.8 Å². The van der Waals surface area contributed by atoms with Gasteiger partial charge in [0.1, 0.15) is 5.75 Å². The van der Waals surface area contributed by atoms with E-state index in [1.807, 2.05) is 12.1 Å². The summed E-state index contributed by atoms with van der Waals surface area (Å²) < 4.78 is 0. The zero-order valence-corrected chi connectivity index (χ0v) is 9.60. The fourth-order valence-electron chi connectivity index (χ4n) is 2.78. The Balaban J connectivity index is 2.11. The second-order valence-corrected chi connectivity index (χ2v) is 4.78. The molecule has 2 nitrogen and oxygen atoms in total. The molecule has 0 heterocycles. The highest BCUT2D eigenvalue weighted by molar-refractivity contribution is 5.28. The Morgan fingerprint density at radius 2 is 1.69 bits per heavy atom.